The van der Waals surface area contributed by atoms with Gasteiger partial charge in [-0.05, 0) is 36.5 Å². The molecule has 0 radical (unpaired) electrons. The van der Waals surface area contributed by atoms with Crippen LogP contribution in [-0.2, 0) is 0 Å². The molecule has 1 N–H and O–H groups in total. The Morgan fingerprint density at radius 1 is 1.54 bits per heavy atom. The molecule has 1 heterocycles. The van der Waals surface area contributed by atoms with Gasteiger partial charge in [0.1, 0.15) is 11.2 Å². The maximum Gasteiger partial charge on any atom is 0.223 e. The third-order valence-corrected chi connectivity index (χ3v) is 3.03. The van der Waals surface area contributed by atoms with Gasteiger partial charge in [-0.25, -0.2) is 0 Å². The van der Waals surface area contributed by atoms with Gasteiger partial charge in [0.2, 0.25) is 5.00 Å². The minimum absolute atomic E-state index is 0.456. The average molecular weight is 215 g/mol. The normalized spacial score (nSPS) is 31.9. The third kappa shape index (κ3) is 1.33. The van der Waals surface area contributed by atoms with Crippen molar-refractivity contribution in [3.8, 4) is 6.07 Å². The van der Waals surface area contributed by atoms with Gasteiger partial charge in [0, 0.05) is 0 Å². The van der Waals surface area contributed by atoms with E-state index < -0.39 is 5.00 Å². The molecule has 1 aliphatic carbocycles. The highest BCUT2D eigenvalue weighted by atomic mass is 35.5. The minimum Gasteiger partial charge on any atom is -0.342 e. The van der Waals surface area contributed by atoms with Crippen LogP contribution in [0.1, 0.15) is 19.3 Å². The molecule has 0 saturated carbocycles. The van der Waals surface area contributed by atoms with E-state index in [0.29, 0.717) is 5.16 Å². The zero-order valence-corrected chi connectivity index (χ0v) is 8.41. The monoisotopic (exact) mass is 214 g/mol. The highest BCUT2D eigenvalue weighted by Gasteiger charge is 2.38. The highest BCUT2D eigenvalue weighted by molar-refractivity contribution is 6.33. The molecular weight excluding hydrogens is 207 g/mol. The van der Waals surface area contributed by atoms with Crippen molar-refractivity contribution in [1.82, 2.24) is 5.32 Å². The number of allylic oxidation sites excluding steroid dienone is 2. The fraction of sp³-hybridized carbons (Fsp3) is 0.444. The molecule has 2 nitrogen and oxygen atoms in total. The van der Waals surface area contributed by atoms with E-state index in [9.17, 15) is 0 Å². The van der Waals surface area contributed by atoms with Gasteiger partial charge in [0.05, 0.1) is 0 Å². The van der Waals surface area contributed by atoms with Gasteiger partial charge in [-0.3, -0.25) is 0 Å². The molecule has 0 aromatic heterocycles. The Bertz CT molecular complexity index is 351. The van der Waals surface area contributed by atoms with Gasteiger partial charge >= 0.3 is 0 Å². The van der Waals surface area contributed by atoms with Gasteiger partial charge in [0.25, 0.3) is 0 Å². The molecule has 0 amide bonds. The molecule has 2 aliphatic rings. The summed E-state index contributed by atoms with van der Waals surface area (Å²) in [5.41, 5.74) is 2.11. The predicted molar refractivity (Wildman–Crippen MR) is 52.1 cm³/mol. The van der Waals surface area contributed by atoms with Crippen LogP contribution in [0.15, 0.2) is 22.4 Å². The van der Waals surface area contributed by atoms with Crippen LogP contribution in [-0.4, -0.2) is 5.00 Å². The molecule has 1 aliphatic heterocycles. The molecule has 0 saturated heterocycles. The lowest BCUT2D eigenvalue weighted by molar-refractivity contribution is 0.686. The molecule has 0 spiro atoms. The fourth-order valence-corrected chi connectivity index (χ4v) is 2.48. The summed E-state index contributed by atoms with van der Waals surface area (Å²) in [5, 5.41) is 12.2. The zero-order valence-electron chi connectivity index (χ0n) is 6.90. The minimum atomic E-state index is -1.10. The Balaban J connectivity index is 2.47. The van der Waals surface area contributed by atoms with E-state index in [1.54, 1.807) is 0 Å². The van der Waals surface area contributed by atoms with Crippen LogP contribution in [0.5, 0.6) is 0 Å². The first kappa shape index (κ1) is 8.93. The number of nitriles is 1. The maximum atomic E-state index is 8.95. The molecule has 1 unspecified atom stereocenters. The second kappa shape index (κ2) is 2.94. The Kier molecular flexibility index (Phi) is 2.02. The summed E-state index contributed by atoms with van der Waals surface area (Å²) >= 11 is 11.9. The summed E-state index contributed by atoms with van der Waals surface area (Å²) in [6.45, 7) is 0. The average Bonchev–Trinajstić information content (AvgIpc) is 2.52. The van der Waals surface area contributed by atoms with Crippen LogP contribution in [0.4, 0.5) is 0 Å². The van der Waals surface area contributed by atoms with Crippen LogP contribution in [0.25, 0.3) is 0 Å². The maximum absolute atomic E-state index is 8.95. The smallest absolute Gasteiger partial charge is 0.223 e. The molecule has 68 valence electrons. The molecule has 0 aromatic carbocycles. The fourth-order valence-electron chi connectivity index (χ4n) is 1.84. The molecule has 13 heavy (non-hydrogen) atoms. The number of hydrogen-bond donors (Lipinski definition) is 1. The summed E-state index contributed by atoms with van der Waals surface area (Å²) in [6.07, 6.45) is 4.79. The van der Waals surface area contributed by atoms with E-state index >= 15 is 0 Å². The molecular formula is C9H8Cl2N2. The van der Waals surface area contributed by atoms with Crippen molar-refractivity contribution in [3.63, 3.8) is 0 Å². The Labute approximate surface area is 86.8 Å². The number of nitrogens with one attached hydrogen (secondary N) is 1. The molecule has 1 atom stereocenters. The Morgan fingerprint density at radius 3 is 3.00 bits per heavy atom. The first-order valence-electron chi connectivity index (χ1n) is 4.14. The lowest BCUT2D eigenvalue weighted by Gasteiger charge is -2.27. The summed E-state index contributed by atoms with van der Waals surface area (Å²) in [5.74, 6) is 0. The van der Waals surface area contributed by atoms with Crippen molar-refractivity contribution in [2.45, 2.75) is 24.3 Å². The third-order valence-electron chi connectivity index (χ3n) is 2.42. The number of dihydropyridines is 1. The van der Waals surface area contributed by atoms with E-state index in [2.05, 4.69) is 11.4 Å². The largest absolute Gasteiger partial charge is 0.342 e. The molecule has 0 aromatic rings. The van der Waals surface area contributed by atoms with E-state index in [1.165, 1.54) is 0 Å². The summed E-state index contributed by atoms with van der Waals surface area (Å²) < 4.78 is 0. The molecule has 4 heteroatoms. The van der Waals surface area contributed by atoms with Crippen LogP contribution in [0.2, 0.25) is 0 Å². The molecule has 0 fully saturated rings. The van der Waals surface area contributed by atoms with Gasteiger partial charge in [-0.15, -0.1) is 0 Å². The van der Waals surface area contributed by atoms with E-state index in [0.717, 1.165) is 30.4 Å². The number of halogens is 2. The number of nitrogens with zero attached hydrogens (tertiary/aromatic N) is 1. The topological polar surface area (TPSA) is 35.8 Å². The second-order valence-electron chi connectivity index (χ2n) is 3.24. The first-order chi connectivity index (χ1) is 6.15. The van der Waals surface area contributed by atoms with Crippen molar-refractivity contribution in [3.05, 3.63) is 22.4 Å². The van der Waals surface area contributed by atoms with Gasteiger partial charge in [0.15, 0.2) is 0 Å². The van der Waals surface area contributed by atoms with E-state index in [1.807, 2.05) is 6.08 Å². The summed E-state index contributed by atoms with van der Waals surface area (Å²) in [6, 6.07) is 2.05. The number of hydrogen-bond acceptors (Lipinski definition) is 2. The van der Waals surface area contributed by atoms with Crippen molar-refractivity contribution in [2.24, 2.45) is 0 Å². The zero-order chi connectivity index (χ0) is 9.47. The summed E-state index contributed by atoms with van der Waals surface area (Å²) in [4.78, 5) is -1.10. The Hall–Kier alpha value is -0.650. The van der Waals surface area contributed by atoms with Crippen LogP contribution < -0.4 is 5.32 Å². The van der Waals surface area contributed by atoms with E-state index in [4.69, 9.17) is 28.5 Å². The van der Waals surface area contributed by atoms with E-state index in [-0.39, 0.29) is 0 Å². The van der Waals surface area contributed by atoms with Crippen LogP contribution in [0, 0.1) is 11.3 Å². The van der Waals surface area contributed by atoms with Crippen molar-refractivity contribution < 1.29 is 0 Å². The first-order valence-corrected chi connectivity index (χ1v) is 4.89. The number of alkyl halides is 1. The lowest BCUT2D eigenvalue weighted by Crippen LogP contribution is -2.40. The highest BCUT2D eigenvalue weighted by Crippen LogP contribution is 2.40. The number of rotatable bonds is 0. The van der Waals surface area contributed by atoms with Crippen molar-refractivity contribution >= 4 is 23.2 Å². The van der Waals surface area contributed by atoms with Gasteiger partial charge in [-0.1, -0.05) is 23.2 Å². The SMILES string of the molecule is N#CC1(Cl)NC(Cl)=CC2=C1CCC2. The second-order valence-corrected chi connectivity index (χ2v) is 4.22. The van der Waals surface area contributed by atoms with Crippen molar-refractivity contribution in [1.29, 1.82) is 5.26 Å². The predicted octanol–water partition coefficient (Wildman–Crippen LogP) is 2.61. The van der Waals surface area contributed by atoms with Crippen molar-refractivity contribution in [2.75, 3.05) is 0 Å². The van der Waals surface area contributed by atoms with Gasteiger partial charge in [-0.2, -0.15) is 5.26 Å². The summed E-state index contributed by atoms with van der Waals surface area (Å²) in [7, 11) is 0. The Morgan fingerprint density at radius 2 is 2.31 bits per heavy atom. The van der Waals surface area contributed by atoms with Crippen LogP contribution >= 0.6 is 23.2 Å². The van der Waals surface area contributed by atoms with Crippen LogP contribution in [0.3, 0.4) is 0 Å². The standard InChI is InChI=1S/C9H8Cl2N2/c10-8-4-6-2-1-3-7(6)9(11,5-12)13-8/h4,13H,1-3H2. The quantitative estimate of drug-likeness (QED) is 0.498. The molecule has 0 bridgehead atoms. The molecule has 2 rings (SSSR count). The lowest BCUT2D eigenvalue weighted by atomic mass is 10.0. The van der Waals surface area contributed by atoms with Gasteiger partial charge < -0.3 is 5.32 Å².